The number of benzene rings is 1. The third-order valence-corrected chi connectivity index (χ3v) is 10.7. The van der Waals surface area contributed by atoms with Crippen LogP contribution in [0.5, 0.6) is 0 Å². The maximum absolute atomic E-state index is 4.03. The first-order chi connectivity index (χ1) is 18.8. The predicted octanol–water partition coefficient (Wildman–Crippen LogP) is 13.5. The van der Waals surface area contributed by atoms with Crippen molar-refractivity contribution in [3.63, 3.8) is 0 Å². The van der Waals surface area contributed by atoms with Gasteiger partial charge in [0.2, 0.25) is 0 Å². The summed E-state index contributed by atoms with van der Waals surface area (Å²) >= 11 is 0. The highest BCUT2D eigenvalue weighted by molar-refractivity contribution is 5.39. The summed E-state index contributed by atoms with van der Waals surface area (Å²) in [4.78, 5) is 4.03. The van der Waals surface area contributed by atoms with Crippen LogP contribution >= 0.6 is 0 Å². The van der Waals surface area contributed by atoms with Crippen LogP contribution in [0.2, 0.25) is 0 Å². The van der Waals surface area contributed by atoms with Gasteiger partial charge in [0.25, 0.3) is 0 Å². The van der Waals surface area contributed by atoms with Gasteiger partial charge in [-0.2, -0.15) is 0 Å². The molecule has 3 aliphatic rings. The fraction of sp³-hybridized carbons (Fsp3) is 0.780. The molecule has 0 atom stereocenters. The number of hydrogen-bond acceptors (Lipinski definition) is 1. The van der Waals surface area contributed by atoms with Crippen molar-refractivity contribution < 1.29 is 0 Å². The minimum absolute atomic E-state index is 0. The summed E-state index contributed by atoms with van der Waals surface area (Å²) in [5, 5.41) is 0. The Labute approximate surface area is 265 Å². The van der Waals surface area contributed by atoms with Gasteiger partial charge in [-0.1, -0.05) is 118 Å². The minimum atomic E-state index is 0. The molecule has 3 fully saturated rings. The zero-order chi connectivity index (χ0) is 28.2. The standard InChI is InChI=1S/C20H36.C18H27N.3CH4/c1-4-17-7-11-19(12-8-17)15-20-13-9-18(10-14-20)6-5-16(2)3;1-13-5-7-16(8-6-13)11-17-9-14(2)18(12-19-4)15(3)10-17;;;/h5,17-20H,4,6-15H2,1-3H3;9-10,13,16H,4-8,11-12H2,1-3H3;3*1H4. The Hall–Kier alpha value is -1.37. The molecule has 1 aromatic carbocycles. The van der Waals surface area contributed by atoms with Crippen LogP contribution in [0.1, 0.15) is 169 Å². The summed E-state index contributed by atoms with van der Waals surface area (Å²) in [6.07, 6.45) is 25.9. The largest absolute Gasteiger partial charge is 0.296 e. The first kappa shape index (κ1) is 40.6. The van der Waals surface area contributed by atoms with Gasteiger partial charge in [-0.25, -0.2) is 0 Å². The molecule has 0 saturated heterocycles. The molecular formula is C41H75N. The third kappa shape index (κ3) is 13.9. The summed E-state index contributed by atoms with van der Waals surface area (Å²) in [5.74, 6) is 6.06. The van der Waals surface area contributed by atoms with Crippen molar-refractivity contribution in [2.24, 2.45) is 40.5 Å². The van der Waals surface area contributed by atoms with Gasteiger partial charge in [-0.15, -0.1) is 0 Å². The molecule has 0 amide bonds. The zero-order valence-corrected chi connectivity index (χ0v) is 26.9. The van der Waals surface area contributed by atoms with Crippen molar-refractivity contribution in [3.8, 4) is 0 Å². The van der Waals surface area contributed by atoms with E-state index in [-0.39, 0.29) is 22.3 Å². The molecule has 1 heteroatoms. The van der Waals surface area contributed by atoms with Crippen molar-refractivity contribution in [1.82, 2.24) is 0 Å². The summed E-state index contributed by atoms with van der Waals surface area (Å²) < 4.78 is 0. The molecule has 0 bridgehead atoms. The summed E-state index contributed by atoms with van der Waals surface area (Å²) in [7, 11) is 0. The molecule has 0 unspecified atom stereocenters. The maximum Gasteiger partial charge on any atom is 0.0637 e. The molecule has 4 rings (SSSR count). The Kier molecular flexibility index (Phi) is 20.7. The van der Waals surface area contributed by atoms with Crippen molar-refractivity contribution >= 4 is 6.72 Å². The topological polar surface area (TPSA) is 12.4 Å². The van der Waals surface area contributed by atoms with Gasteiger partial charge in [-0.3, -0.25) is 4.99 Å². The molecule has 3 saturated carbocycles. The lowest BCUT2D eigenvalue weighted by atomic mass is 9.72. The summed E-state index contributed by atoms with van der Waals surface area (Å²) in [5.41, 5.74) is 7.14. The lowest BCUT2D eigenvalue weighted by Crippen LogP contribution is -2.20. The number of allylic oxidation sites excluding steroid dienone is 2. The van der Waals surface area contributed by atoms with Crippen molar-refractivity contribution in [2.75, 3.05) is 0 Å². The Balaban J connectivity index is 0.000000748. The lowest BCUT2D eigenvalue weighted by molar-refractivity contribution is 0.190. The number of aryl methyl sites for hydroxylation is 2. The number of aliphatic imine (C=N–C) groups is 1. The number of nitrogens with zero attached hydrogens (tertiary/aromatic N) is 1. The van der Waals surface area contributed by atoms with Crippen LogP contribution in [-0.4, -0.2) is 6.72 Å². The van der Waals surface area contributed by atoms with E-state index in [1.165, 1.54) is 124 Å². The highest BCUT2D eigenvalue weighted by Gasteiger charge is 2.26. The van der Waals surface area contributed by atoms with Crippen molar-refractivity contribution in [1.29, 1.82) is 0 Å². The van der Waals surface area contributed by atoms with Gasteiger partial charge in [0.1, 0.15) is 0 Å². The summed E-state index contributed by atoms with van der Waals surface area (Å²) in [6, 6.07) is 4.73. The fourth-order valence-electron chi connectivity index (χ4n) is 7.88. The van der Waals surface area contributed by atoms with Gasteiger partial charge >= 0.3 is 0 Å². The molecule has 0 N–H and O–H groups in total. The first-order valence-corrected chi connectivity index (χ1v) is 16.9. The number of rotatable bonds is 9. The van der Waals surface area contributed by atoms with Gasteiger partial charge in [0.15, 0.2) is 0 Å². The highest BCUT2D eigenvalue weighted by atomic mass is 14.7. The number of hydrogen-bond donors (Lipinski definition) is 0. The van der Waals surface area contributed by atoms with E-state index in [2.05, 4.69) is 71.5 Å². The Morgan fingerprint density at radius 2 is 1.19 bits per heavy atom. The van der Waals surface area contributed by atoms with Crippen LogP contribution in [0.15, 0.2) is 28.8 Å². The highest BCUT2D eigenvalue weighted by Crippen LogP contribution is 2.39. The molecule has 3 aliphatic carbocycles. The van der Waals surface area contributed by atoms with Crippen molar-refractivity contribution in [3.05, 3.63) is 46.0 Å². The normalized spacial score (nSPS) is 27.1. The molecule has 1 nitrogen and oxygen atoms in total. The minimum Gasteiger partial charge on any atom is -0.296 e. The predicted molar refractivity (Wildman–Crippen MR) is 194 cm³/mol. The third-order valence-electron chi connectivity index (χ3n) is 10.7. The molecule has 42 heavy (non-hydrogen) atoms. The van der Waals surface area contributed by atoms with E-state index >= 15 is 0 Å². The average molecular weight is 582 g/mol. The molecular weight excluding hydrogens is 506 g/mol. The van der Waals surface area contributed by atoms with E-state index in [1.807, 2.05) is 0 Å². The second-order valence-electron chi connectivity index (χ2n) is 14.4. The molecule has 0 aromatic heterocycles. The van der Waals surface area contributed by atoms with Gasteiger partial charge < -0.3 is 0 Å². The summed E-state index contributed by atoms with van der Waals surface area (Å²) in [6.45, 7) is 18.0. The monoisotopic (exact) mass is 582 g/mol. The smallest absolute Gasteiger partial charge is 0.0637 e. The SMILES string of the molecule is C.C.C.C=NCc1c(C)cc(CC2CCC(C)CC2)cc1C.CCC1CCC(CC2CCC(CC=C(C)C)CC2)CC1. The maximum atomic E-state index is 4.03. The van der Waals surface area contributed by atoms with E-state index in [1.54, 1.807) is 6.42 Å². The zero-order valence-electron chi connectivity index (χ0n) is 26.9. The molecule has 0 aliphatic heterocycles. The molecule has 0 heterocycles. The fourth-order valence-corrected chi connectivity index (χ4v) is 7.88. The Morgan fingerprint density at radius 3 is 1.64 bits per heavy atom. The van der Waals surface area contributed by atoms with Crippen LogP contribution in [-0.2, 0) is 13.0 Å². The average Bonchev–Trinajstić information content (AvgIpc) is 2.92. The molecule has 0 radical (unpaired) electrons. The van der Waals surface area contributed by atoms with E-state index < -0.39 is 0 Å². The van der Waals surface area contributed by atoms with E-state index in [0.717, 1.165) is 42.1 Å². The second-order valence-corrected chi connectivity index (χ2v) is 14.4. The van der Waals surface area contributed by atoms with Crippen LogP contribution in [0.3, 0.4) is 0 Å². The lowest BCUT2D eigenvalue weighted by Gasteiger charge is -2.33. The van der Waals surface area contributed by atoms with Gasteiger partial charge in [0, 0.05) is 0 Å². The van der Waals surface area contributed by atoms with Gasteiger partial charge in [0.05, 0.1) is 6.54 Å². The quantitative estimate of drug-likeness (QED) is 0.203. The molecule has 0 spiro atoms. The molecule has 1 aromatic rings. The van der Waals surface area contributed by atoms with Crippen LogP contribution < -0.4 is 0 Å². The van der Waals surface area contributed by atoms with E-state index in [9.17, 15) is 0 Å². The second kappa shape index (κ2) is 21.4. The Bertz CT molecular complexity index is 843. The Morgan fingerprint density at radius 1 is 0.738 bits per heavy atom. The van der Waals surface area contributed by atoms with E-state index in [0.29, 0.717) is 0 Å². The first-order valence-electron chi connectivity index (χ1n) is 16.9. The van der Waals surface area contributed by atoms with Crippen LogP contribution in [0, 0.1) is 49.4 Å². The van der Waals surface area contributed by atoms with Crippen molar-refractivity contribution in [2.45, 2.75) is 173 Å². The van der Waals surface area contributed by atoms with Gasteiger partial charge in [-0.05, 0) is 137 Å². The van der Waals surface area contributed by atoms with Crippen LogP contribution in [0.25, 0.3) is 0 Å². The van der Waals surface area contributed by atoms with E-state index in [4.69, 9.17) is 0 Å². The molecule has 244 valence electrons. The van der Waals surface area contributed by atoms with Crippen LogP contribution in [0.4, 0.5) is 0 Å².